The molecule has 0 saturated heterocycles. The molecule has 20 heavy (non-hydrogen) atoms. The molecule has 0 heterocycles. The molecule has 107 valence electrons. The van der Waals surface area contributed by atoms with E-state index in [1.165, 1.54) is 0 Å². The van der Waals surface area contributed by atoms with Crippen LogP contribution in [-0.2, 0) is 0 Å². The van der Waals surface area contributed by atoms with Gasteiger partial charge in [0.05, 0.1) is 0 Å². The molecule has 0 aliphatic carbocycles. The molecule has 1 rings (SSSR count). The van der Waals surface area contributed by atoms with E-state index in [1.54, 1.807) is 4.90 Å². The number of hydrogen-bond acceptors (Lipinski definition) is 2. The van der Waals surface area contributed by atoms with E-state index in [1.807, 2.05) is 37.4 Å². The van der Waals surface area contributed by atoms with Crippen LogP contribution in [0, 0.1) is 0 Å². The summed E-state index contributed by atoms with van der Waals surface area (Å²) in [6.07, 6.45) is 5.80. The third-order valence-electron chi connectivity index (χ3n) is 3.29. The van der Waals surface area contributed by atoms with E-state index in [0.29, 0.717) is 6.42 Å². The summed E-state index contributed by atoms with van der Waals surface area (Å²) in [5, 5.41) is 8.85. The second-order valence-electron chi connectivity index (χ2n) is 5.10. The number of rotatable bonds is 9. The predicted octanol–water partition coefficient (Wildman–Crippen LogP) is 2.77. The number of aliphatic hydroxyl groups excluding tert-OH is 1. The van der Waals surface area contributed by atoms with Crippen LogP contribution in [0.2, 0.25) is 0 Å². The smallest absolute Gasteiger partial charge is 0.0622 e. The molecular weight excluding hydrogens is 249 g/mol. The molecular formula is C16H23BNO2. The maximum absolute atomic E-state index is 12.1. The van der Waals surface area contributed by atoms with E-state index in [0.717, 1.165) is 44.2 Å². The van der Waals surface area contributed by atoms with Gasteiger partial charge in [0.15, 0.2) is 0 Å². The monoisotopic (exact) mass is 272 g/mol. The van der Waals surface area contributed by atoms with Gasteiger partial charge in [-0.1, -0.05) is 18.2 Å². The fraction of sp³-hybridized carbons (Fsp3) is 0.500. The number of benzene rings is 1. The van der Waals surface area contributed by atoms with E-state index >= 15 is 0 Å². The van der Waals surface area contributed by atoms with Gasteiger partial charge in [0, 0.05) is 0 Å². The first-order chi connectivity index (χ1) is 9.61. The number of carbonyl (C=O) groups is 1. The summed E-state index contributed by atoms with van der Waals surface area (Å²) in [5.74, 6) is 0.0771. The minimum Gasteiger partial charge on any atom is -0.0622 e. The van der Waals surface area contributed by atoms with Crippen molar-refractivity contribution in [3.63, 3.8) is 0 Å². The topological polar surface area (TPSA) is 40.5 Å². The van der Waals surface area contributed by atoms with Crippen LogP contribution >= 0.6 is 0 Å². The Morgan fingerprint density at radius 1 is 1.10 bits per heavy atom. The summed E-state index contributed by atoms with van der Waals surface area (Å²) in [4.78, 5) is 13.8. The quantitative estimate of drug-likeness (QED) is 0.554. The van der Waals surface area contributed by atoms with Crippen molar-refractivity contribution in [2.75, 3.05) is 13.6 Å². The van der Waals surface area contributed by atoms with Crippen LogP contribution in [0.4, 0.5) is 0 Å². The Balaban J connectivity index is 2.13. The zero-order chi connectivity index (χ0) is 14.8. The predicted molar refractivity (Wildman–Crippen MR) is 83.8 cm³/mol. The molecule has 0 aliphatic heterocycles. The molecule has 0 spiro atoms. The second-order valence-corrected chi connectivity index (χ2v) is 5.10. The van der Waals surface area contributed by atoms with E-state index in [2.05, 4.69) is 0 Å². The Bertz CT molecular complexity index is 420. The molecule has 0 bridgehead atoms. The number of unbranched alkanes of at least 4 members (excludes halogenated alkanes) is 4. The van der Waals surface area contributed by atoms with Gasteiger partial charge >= 0.3 is 104 Å². The first-order valence-corrected chi connectivity index (χ1v) is 7.22. The molecule has 4 heteroatoms. The number of amides is 1. The Hall–Kier alpha value is -1.58. The fourth-order valence-electron chi connectivity index (χ4n) is 2.09. The zero-order valence-corrected chi connectivity index (χ0v) is 12.2. The van der Waals surface area contributed by atoms with Crippen LogP contribution in [0.1, 0.15) is 48.9 Å². The van der Waals surface area contributed by atoms with Crippen molar-refractivity contribution < 1.29 is 9.90 Å². The van der Waals surface area contributed by atoms with Crippen molar-refractivity contribution in [3.8, 4) is 0 Å². The number of nitrogens with zero attached hydrogens (tertiary/aromatic N) is 1. The molecule has 1 N–H and O–H groups in total. The summed E-state index contributed by atoms with van der Waals surface area (Å²) in [6.45, 7) is 0.780. The molecule has 0 aliphatic rings. The summed E-state index contributed by atoms with van der Waals surface area (Å²) in [6, 6.07) is 9.35. The Kier molecular flexibility index (Phi) is 7.70. The third kappa shape index (κ3) is 6.55. The molecule has 1 aromatic rings. The van der Waals surface area contributed by atoms with Crippen molar-refractivity contribution in [3.05, 3.63) is 35.9 Å². The Morgan fingerprint density at radius 3 is 2.35 bits per heavy atom. The van der Waals surface area contributed by atoms with Gasteiger partial charge in [0.25, 0.3) is 0 Å². The van der Waals surface area contributed by atoms with Crippen LogP contribution in [0.25, 0.3) is 0 Å². The minimum atomic E-state index is 0.0261. The first kappa shape index (κ1) is 16.5. The zero-order valence-electron chi connectivity index (χ0n) is 12.2. The second kappa shape index (κ2) is 9.35. The van der Waals surface area contributed by atoms with E-state index in [4.69, 9.17) is 12.6 Å². The number of hydrogen-bond donors (Lipinski definition) is 1. The van der Waals surface area contributed by atoms with Crippen molar-refractivity contribution in [2.45, 2.75) is 38.5 Å². The van der Waals surface area contributed by atoms with E-state index in [9.17, 15) is 4.79 Å². The van der Waals surface area contributed by atoms with Crippen LogP contribution < -0.4 is 0 Å². The van der Waals surface area contributed by atoms with Gasteiger partial charge in [-0.2, -0.15) is 0 Å². The van der Waals surface area contributed by atoms with Gasteiger partial charge in [0.1, 0.15) is 0 Å². The van der Waals surface area contributed by atoms with Crippen LogP contribution in [0.5, 0.6) is 0 Å². The van der Waals surface area contributed by atoms with Gasteiger partial charge < -0.3 is 0 Å². The van der Waals surface area contributed by atoms with Crippen LogP contribution in [0.3, 0.4) is 0 Å². The minimum absolute atomic E-state index is 0.0261. The maximum atomic E-state index is 12.1. The van der Waals surface area contributed by atoms with Gasteiger partial charge in [-0.3, -0.25) is 0 Å². The summed E-state index contributed by atoms with van der Waals surface area (Å²) < 4.78 is 0. The van der Waals surface area contributed by atoms with E-state index < -0.39 is 0 Å². The Labute approximate surface area is 122 Å². The molecule has 1 radical (unpaired) electrons. The van der Waals surface area contributed by atoms with Crippen molar-refractivity contribution in [1.29, 1.82) is 0 Å². The van der Waals surface area contributed by atoms with Gasteiger partial charge in [-0.05, 0) is 0 Å². The molecule has 0 aromatic heterocycles. The molecule has 0 fully saturated rings. The molecule has 0 saturated carbocycles. The van der Waals surface area contributed by atoms with Crippen molar-refractivity contribution in [2.24, 2.45) is 0 Å². The van der Waals surface area contributed by atoms with Gasteiger partial charge in [0.2, 0.25) is 0 Å². The normalized spacial score (nSPS) is 10.2. The van der Waals surface area contributed by atoms with Gasteiger partial charge in [-0.15, -0.1) is 0 Å². The third-order valence-corrected chi connectivity index (χ3v) is 3.29. The summed E-state index contributed by atoms with van der Waals surface area (Å²) >= 11 is 0. The molecule has 0 unspecified atom stereocenters. The van der Waals surface area contributed by atoms with Crippen LogP contribution in [0.15, 0.2) is 30.3 Å². The van der Waals surface area contributed by atoms with Crippen molar-refractivity contribution in [1.82, 2.24) is 4.90 Å². The average molecular weight is 272 g/mol. The summed E-state index contributed by atoms with van der Waals surface area (Å²) in [5.41, 5.74) is 0.766. The van der Waals surface area contributed by atoms with Gasteiger partial charge in [-0.25, -0.2) is 0 Å². The first-order valence-electron chi connectivity index (χ1n) is 7.22. The number of carbonyl (C=O) groups excluding carboxylic acids is 1. The standard InChI is InChI=1S/C16H23BNO2/c1-18(16(20)14-10-6-5-7-11-14)13-9-4-2-3-8-12-15(17)19/h5-7,10-11,19H,2-4,8-9,12-13H2,1H3. The summed E-state index contributed by atoms with van der Waals surface area (Å²) in [7, 11) is 7.03. The molecule has 0 atom stereocenters. The average Bonchev–Trinajstić information content (AvgIpc) is 2.45. The molecule has 1 aromatic carbocycles. The SMILES string of the molecule is [B]=C(O)CCCCCCCN(C)C(=O)c1ccccc1. The van der Waals surface area contributed by atoms with Crippen molar-refractivity contribution >= 4 is 19.0 Å². The number of aliphatic hydroxyl groups is 1. The molecule has 3 nitrogen and oxygen atoms in total. The van der Waals surface area contributed by atoms with E-state index in [-0.39, 0.29) is 11.6 Å². The fourth-order valence-corrected chi connectivity index (χ4v) is 2.09. The Morgan fingerprint density at radius 2 is 1.70 bits per heavy atom. The van der Waals surface area contributed by atoms with Crippen LogP contribution in [-0.4, -0.2) is 42.6 Å². The molecule has 1 amide bonds.